The van der Waals surface area contributed by atoms with E-state index in [4.69, 9.17) is 0 Å². The maximum Gasteiger partial charge on any atom is 0.117 e. The molecule has 14 heavy (non-hydrogen) atoms. The van der Waals surface area contributed by atoms with Gasteiger partial charge >= 0.3 is 0 Å². The van der Waals surface area contributed by atoms with E-state index in [-0.39, 0.29) is 6.10 Å². The predicted molar refractivity (Wildman–Crippen MR) is 59.9 cm³/mol. The fraction of sp³-hybridized carbons (Fsp3) is 0.846. The zero-order valence-electron chi connectivity index (χ0n) is 9.26. The van der Waals surface area contributed by atoms with Gasteiger partial charge in [-0.3, -0.25) is 0 Å². The Hall–Kier alpha value is -0.480. The van der Waals surface area contributed by atoms with Crippen LogP contribution >= 0.6 is 0 Å². The van der Waals surface area contributed by atoms with Crippen LogP contribution in [0.25, 0.3) is 0 Å². The molecule has 0 heterocycles. The Kier molecular flexibility index (Phi) is 5.71. The molecule has 0 amide bonds. The lowest BCUT2D eigenvalue weighted by molar-refractivity contribution is 0.133. The second-order valence-corrected chi connectivity index (χ2v) is 4.27. The first-order chi connectivity index (χ1) is 6.84. The number of rotatable bonds is 3. The van der Waals surface area contributed by atoms with Gasteiger partial charge in [-0.1, -0.05) is 38.5 Å². The van der Waals surface area contributed by atoms with Gasteiger partial charge in [0.25, 0.3) is 0 Å². The van der Waals surface area contributed by atoms with Crippen LogP contribution in [0.4, 0.5) is 0 Å². The molecule has 0 unspecified atom stereocenters. The molecular weight excluding hydrogens is 172 g/mol. The number of aliphatic hydroxyl groups is 1. The van der Waals surface area contributed by atoms with Crippen molar-refractivity contribution in [1.82, 2.24) is 0 Å². The fourth-order valence-corrected chi connectivity index (χ4v) is 2.01. The smallest absolute Gasteiger partial charge is 0.117 e. The lowest BCUT2D eigenvalue weighted by Crippen LogP contribution is -2.21. The topological polar surface area (TPSA) is 20.2 Å². The van der Waals surface area contributed by atoms with E-state index >= 15 is 0 Å². The van der Waals surface area contributed by atoms with Gasteiger partial charge in [-0.2, -0.15) is 0 Å². The molecule has 80 valence electrons. The first-order valence-electron chi connectivity index (χ1n) is 6.01. The zero-order valence-corrected chi connectivity index (χ0v) is 9.26. The van der Waals surface area contributed by atoms with Crippen molar-refractivity contribution in [2.75, 3.05) is 0 Å². The molecule has 1 N–H and O–H groups in total. The summed E-state index contributed by atoms with van der Waals surface area (Å²) in [7, 11) is 0. The van der Waals surface area contributed by atoms with Gasteiger partial charge in [0.2, 0.25) is 0 Å². The highest BCUT2D eigenvalue weighted by atomic mass is 16.3. The molecule has 1 atom stereocenters. The van der Waals surface area contributed by atoms with Gasteiger partial charge in [0.1, 0.15) is 6.10 Å². The van der Waals surface area contributed by atoms with Gasteiger partial charge < -0.3 is 5.11 Å². The van der Waals surface area contributed by atoms with Crippen LogP contribution in [0.1, 0.15) is 58.3 Å². The summed E-state index contributed by atoms with van der Waals surface area (Å²) in [5, 5.41) is 9.80. The summed E-state index contributed by atoms with van der Waals surface area (Å²) in [6.07, 6.45) is 9.17. The highest BCUT2D eigenvalue weighted by Gasteiger charge is 2.19. The Labute approximate surface area is 87.9 Å². The second kappa shape index (κ2) is 6.90. The summed E-state index contributed by atoms with van der Waals surface area (Å²) in [4.78, 5) is 0. The number of hydrogen-bond donors (Lipinski definition) is 1. The van der Waals surface area contributed by atoms with E-state index in [1.54, 1.807) is 0 Å². The predicted octanol–water partition coefficient (Wildman–Crippen LogP) is 3.12. The summed E-state index contributed by atoms with van der Waals surface area (Å²) >= 11 is 0. The maximum absolute atomic E-state index is 9.80. The first-order valence-corrected chi connectivity index (χ1v) is 6.01. The highest BCUT2D eigenvalue weighted by molar-refractivity contribution is 5.06. The monoisotopic (exact) mass is 194 g/mol. The Bertz CT molecular complexity index is 193. The molecule has 1 rings (SSSR count). The van der Waals surface area contributed by atoms with Crippen LogP contribution in [0.5, 0.6) is 0 Å². The SMILES string of the molecule is CCCCC#C[C@H](O)C1CCCCC1. The molecule has 1 nitrogen and oxygen atoms in total. The van der Waals surface area contributed by atoms with E-state index in [9.17, 15) is 5.11 Å². The van der Waals surface area contributed by atoms with Crippen LogP contribution in [-0.2, 0) is 0 Å². The van der Waals surface area contributed by atoms with Crippen molar-refractivity contribution in [3.8, 4) is 11.8 Å². The number of unbranched alkanes of at least 4 members (excludes halogenated alkanes) is 2. The minimum Gasteiger partial charge on any atom is -0.380 e. The van der Waals surface area contributed by atoms with Crippen LogP contribution < -0.4 is 0 Å². The number of hydrogen-bond acceptors (Lipinski definition) is 1. The van der Waals surface area contributed by atoms with Crippen molar-refractivity contribution in [3.63, 3.8) is 0 Å². The normalized spacial score (nSPS) is 19.9. The van der Waals surface area contributed by atoms with Gasteiger partial charge in [-0.25, -0.2) is 0 Å². The van der Waals surface area contributed by atoms with Crippen LogP contribution in [0, 0.1) is 17.8 Å². The van der Waals surface area contributed by atoms with Gasteiger partial charge in [0.05, 0.1) is 0 Å². The van der Waals surface area contributed by atoms with Crippen molar-refractivity contribution in [1.29, 1.82) is 0 Å². The molecule has 1 aliphatic carbocycles. The van der Waals surface area contributed by atoms with Crippen molar-refractivity contribution < 1.29 is 5.11 Å². The third-order valence-electron chi connectivity index (χ3n) is 3.00. The Morgan fingerprint density at radius 1 is 1.29 bits per heavy atom. The molecule has 0 aliphatic heterocycles. The molecule has 0 saturated heterocycles. The molecule has 0 bridgehead atoms. The van der Waals surface area contributed by atoms with E-state index in [0.29, 0.717) is 5.92 Å². The maximum atomic E-state index is 9.80. The Balaban J connectivity index is 2.23. The van der Waals surface area contributed by atoms with Crippen LogP contribution in [0.2, 0.25) is 0 Å². The van der Waals surface area contributed by atoms with Crippen molar-refractivity contribution in [2.24, 2.45) is 5.92 Å². The van der Waals surface area contributed by atoms with E-state index in [2.05, 4.69) is 18.8 Å². The molecule has 1 aliphatic rings. The van der Waals surface area contributed by atoms with E-state index in [1.165, 1.54) is 38.5 Å². The van der Waals surface area contributed by atoms with Crippen molar-refractivity contribution in [3.05, 3.63) is 0 Å². The van der Waals surface area contributed by atoms with Gasteiger partial charge in [-0.05, 0) is 25.2 Å². The first kappa shape index (κ1) is 11.6. The fourth-order valence-electron chi connectivity index (χ4n) is 2.01. The number of aliphatic hydroxyl groups excluding tert-OH is 1. The zero-order chi connectivity index (χ0) is 10.2. The molecule has 1 saturated carbocycles. The molecule has 0 aromatic carbocycles. The van der Waals surface area contributed by atoms with Gasteiger partial charge in [0, 0.05) is 6.42 Å². The standard InChI is InChI=1S/C13H22O/c1-2-3-4-8-11-13(14)12-9-6-5-7-10-12/h12-14H,2-7,9-10H2,1H3/t13-/m0/s1. The van der Waals surface area contributed by atoms with E-state index in [1.807, 2.05) is 0 Å². The molecule has 0 spiro atoms. The molecule has 1 heteroatoms. The van der Waals surface area contributed by atoms with Crippen LogP contribution in [0.3, 0.4) is 0 Å². The van der Waals surface area contributed by atoms with Crippen LogP contribution in [0.15, 0.2) is 0 Å². The third kappa shape index (κ3) is 4.15. The molecule has 0 radical (unpaired) electrons. The third-order valence-corrected chi connectivity index (χ3v) is 3.00. The lowest BCUT2D eigenvalue weighted by Gasteiger charge is -2.23. The van der Waals surface area contributed by atoms with Gasteiger partial charge in [-0.15, -0.1) is 5.92 Å². The quantitative estimate of drug-likeness (QED) is 0.540. The molecule has 1 fully saturated rings. The van der Waals surface area contributed by atoms with Crippen molar-refractivity contribution in [2.45, 2.75) is 64.4 Å². The van der Waals surface area contributed by atoms with E-state index in [0.717, 1.165) is 12.8 Å². The minimum absolute atomic E-state index is 0.354. The highest BCUT2D eigenvalue weighted by Crippen LogP contribution is 2.26. The average Bonchev–Trinajstić information content (AvgIpc) is 2.25. The minimum atomic E-state index is -0.354. The largest absolute Gasteiger partial charge is 0.380 e. The molecular formula is C13H22O. The van der Waals surface area contributed by atoms with E-state index < -0.39 is 0 Å². The summed E-state index contributed by atoms with van der Waals surface area (Å²) in [5.74, 6) is 6.53. The molecule has 0 aromatic rings. The summed E-state index contributed by atoms with van der Waals surface area (Å²) < 4.78 is 0. The summed E-state index contributed by atoms with van der Waals surface area (Å²) in [6.45, 7) is 2.17. The molecule has 0 aromatic heterocycles. The summed E-state index contributed by atoms with van der Waals surface area (Å²) in [6, 6.07) is 0. The Morgan fingerprint density at radius 2 is 2.00 bits per heavy atom. The van der Waals surface area contributed by atoms with Gasteiger partial charge in [0.15, 0.2) is 0 Å². The van der Waals surface area contributed by atoms with Crippen molar-refractivity contribution >= 4 is 0 Å². The average molecular weight is 194 g/mol. The lowest BCUT2D eigenvalue weighted by atomic mass is 9.85. The second-order valence-electron chi connectivity index (χ2n) is 4.27. The van der Waals surface area contributed by atoms with Crippen LogP contribution in [-0.4, -0.2) is 11.2 Å². The Morgan fingerprint density at radius 3 is 2.64 bits per heavy atom. The summed E-state index contributed by atoms with van der Waals surface area (Å²) in [5.41, 5.74) is 0.